The van der Waals surface area contributed by atoms with Crippen molar-refractivity contribution in [3.05, 3.63) is 84.6 Å². The Bertz CT molecular complexity index is 951. The van der Waals surface area contributed by atoms with Crippen molar-refractivity contribution in [3.8, 4) is 23.1 Å². The lowest BCUT2D eigenvalue weighted by Gasteiger charge is -2.13. The molecule has 0 aliphatic rings. The average molecular weight is 361 g/mol. The van der Waals surface area contributed by atoms with E-state index >= 15 is 0 Å². The Kier molecular flexibility index (Phi) is 5.84. The first kappa shape index (κ1) is 18.2. The zero-order valence-corrected chi connectivity index (χ0v) is 15.1. The molecule has 3 aromatic rings. The molecule has 0 aliphatic heterocycles. The predicted octanol–water partition coefficient (Wildman–Crippen LogP) is 5.24. The molecule has 0 fully saturated rings. The molecule has 2 aromatic carbocycles. The van der Waals surface area contributed by atoms with E-state index in [2.05, 4.69) is 4.98 Å². The van der Waals surface area contributed by atoms with Crippen LogP contribution in [0.15, 0.2) is 79.0 Å². The fourth-order valence-corrected chi connectivity index (χ4v) is 2.52. The Morgan fingerprint density at radius 1 is 0.926 bits per heavy atom. The van der Waals surface area contributed by atoms with E-state index in [9.17, 15) is 4.79 Å². The third kappa shape index (κ3) is 4.52. The summed E-state index contributed by atoms with van der Waals surface area (Å²) in [7, 11) is 1.35. The molecule has 0 radical (unpaired) electrons. The minimum atomic E-state index is -0.428. The van der Waals surface area contributed by atoms with E-state index in [1.165, 1.54) is 7.11 Å². The lowest BCUT2D eigenvalue weighted by atomic mass is 10.0. The number of carbonyl (C=O) groups is 1. The number of hydrogen-bond acceptors (Lipinski definition) is 5. The number of hydrogen-bond donors (Lipinski definition) is 0. The van der Waals surface area contributed by atoms with Crippen molar-refractivity contribution in [2.24, 2.45) is 0 Å². The normalized spacial score (nSPS) is 11.0. The number of ether oxygens (including phenoxy) is 3. The van der Waals surface area contributed by atoms with Crippen LogP contribution >= 0.6 is 0 Å². The third-order valence-corrected chi connectivity index (χ3v) is 3.77. The first-order valence-corrected chi connectivity index (χ1v) is 8.42. The van der Waals surface area contributed by atoms with Crippen molar-refractivity contribution < 1.29 is 19.0 Å². The standard InChI is InChI=1S/C22H19NO4/c1-3-18(22(24)25-2)19-11-7-8-12-20(19)27-21-15-17(13-14-23-21)26-16-9-5-4-6-10-16/h3-15H,1-2H3/b18-3+. The number of rotatable bonds is 6. The highest BCUT2D eigenvalue weighted by atomic mass is 16.5. The van der Waals surface area contributed by atoms with Gasteiger partial charge in [-0.2, -0.15) is 0 Å². The number of esters is 1. The van der Waals surface area contributed by atoms with Gasteiger partial charge in [-0.15, -0.1) is 0 Å². The third-order valence-electron chi connectivity index (χ3n) is 3.77. The summed E-state index contributed by atoms with van der Waals surface area (Å²) in [6, 6.07) is 20.1. The van der Waals surface area contributed by atoms with Crippen LogP contribution in [0, 0.1) is 0 Å². The maximum atomic E-state index is 12.0. The van der Waals surface area contributed by atoms with Crippen molar-refractivity contribution in [3.63, 3.8) is 0 Å². The summed E-state index contributed by atoms with van der Waals surface area (Å²) in [6.07, 6.45) is 3.30. The molecule has 1 aromatic heterocycles. The molecule has 3 rings (SSSR count). The number of allylic oxidation sites excluding steroid dienone is 1. The lowest BCUT2D eigenvalue weighted by Crippen LogP contribution is -2.05. The van der Waals surface area contributed by atoms with E-state index in [4.69, 9.17) is 14.2 Å². The largest absolute Gasteiger partial charge is 0.465 e. The first-order chi connectivity index (χ1) is 13.2. The number of para-hydroxylation sites is 2. The van der Waals surface area contributed by atoms with Crippen LogP contribution in [0.5, 0.6) is 23.1 Å². The number of pyridine rings is 1. The molecular weight excluding hydrogens is 342 g/mol. The van der Waals surface area contributed by atoms with E-state index in [-0.39, 0.29) is 0 Å². The summed E-state index contributed by atoms with van der Waals surface area (Å²) < 4.78 is 16.6. The van der Waals surface area contributed by atoms with Crippen LogP contribution in [0.1, 0.15) is 12.5 Å². The van der Waals surface area contributed by atoms with Crippen molar-refractivity contribution in [2.45, 2.75) is 6.92 Å². The lowest BCUT2D eigenvalue weighted by molar-refractivity contribution is -0.133. The Labute approximate surface area is 157 Å². The molecule has 0 bridgehead atoms. The zero-order valence-electron chi connectivity index (χ0n) is 15.1. The first-order valence-electron chi connectivity index (χ1n) is 8.42. The van der Waals surface area contributed by atoms with E-state index in [0.717, 1.165) is 5.75 Å². The SMILES string of the molecule is C/C=C(/C(=O)OC)c1ccccc1Oc1cc(Oc2ccccc2)ccn1. The van der Waals surface area contributed by atoms with Gasteiger partial charge in [0.2, 0.25) is 5.88 Å². The van der Waals surface area contributed by atoms with E-state index < -0.39 is 5.97 Å². The van der Waals surface area contributed by atoms with Crippen LogP contribution in [0.2, 0.25) is 0 Å². The summed E-state index contributed by atoms with van der Waals surface area (Å²) in [5.74, 6) is 1.75. The van der Waals surface area contributed by atoms with Crippen LogP contribution in [0.4, 0.5) is 0 Å². The molecule has 0 atom stereocenters. The molecule has 0 saturated carbocycles. The van der Waals surface area contributed by atoms with Gasteiger partial charge in [-0.05, 0) is 31.2 Å². The molecule has 0 unspecified atom stereocenters. The minimum Gasteiger partial charge on any atom is -0.465 e. The average Bonchev–Trinajstić information content (AvgIpc) is 2.70. The number of carbonyl (C=O) groups excluding carboxylic acids is 1. The Morgan fingerprint density at radius 3 is 2.41 bits per heavy atom. The van der Waals surface area contributed by atoms with Crippen LogP contribution in [-0.2, 0) is 9.53 Å². The monoisotopic (exact) mass is 361 g/mol. The molecule has 0 aliphatic carbocycles. The quantitative estimate of drug-likeness (QED) is 0.444. The summed E-state index contributed by atoms with van der Waals surface area (Å²) in [5.41, 5.74) is 1.05. The summed E-state index contributed by atoms with van der Waals surface area (Å²) in [4.78, 5) is 16.3. The van der Waals surface area contributed by atoms with Gasteiger partial charge in [0.15, 0.2) is 0 Å². The molecule has 0 saturated heterocycles. The second-order valence-electron chi connectivity index (χ2n) is 5.54. The number of aromatic nitrogens is 1. The Morgan fingerprint density at radius 2 is 1.67 bits per heavy atom. The Balaban J connectivity index is 1.86. The number of nitrogens with zero attached hydrogens (tertiary/aromatic N) is 1. The van der Waals surface area contributed by atoms with Gasteiger partial charge in [0.1, 0.15) is 17.2 Å². The maximum Gasteiger partial charge on any atom is 0.338 e. The maximum absolute atomic E-state index is 12.0. The summed E-state index contributed by atoms with van der Waals surface area (Å²) in [6.45, 7) is 1.77. The van der Waals surface area contributed by atoms with Crippen molar-refractivity contribution in [1.82, 2.24) is 4.98 Å². The second kappa shape index (κ2) is 8.67. The summed E-state index contributed by atoms with van der Waals surface area (Å²) >= 11 is 0. The van der Waals surface area contributed by atoms with Crippen LogP contribution in [-0.4, -0.2) is 18.1 Å². The van der Waals surface area contributed by atoms with Crippen LogP contribution in [0.25, 0.3) is 5.57 Å². The summed E-state index contributed by atoms with van der Waals surface area (Å²) in [5, 5.41) is 0. The zero-order chi connectivity index (χ0) is 19.1. The van der Waals surface area contributed by atoms with E-state index in [1.807, 2.05) is 42.5 Å². The van der Waals surface area contributed by atoms with Crippen LogP contribution < -0.4 is 9.47 Å². The van der Waals surface area contributed by atoms with Crippen molar-refractivity contribution in [2.75, 3.05) is 7.11 Å². The predicted molar refractivity (Wildman–Crippen MR) is 103 cm³/mol. The van der Waals surface area contributed by atoms with Crippen LogP contribution in [0.3, 0.4) is 0 Å². The van der Waals surface area contributed by atoms with Gasteiger partial charge >= 0.3 is 5.97 Å². The molecule has 27 heavy (non-hydrogen) atoms. The van der Waals surface area contributed by atoms with Gasteiger partial charge in [-0.3, -0.25) is 0 Å². The van der Waals surface area contributed by atoms with Gasteiger partial charge < -0.3 is 14.2 Å². The van der Waals surface area contributed by atoms with Gasteiger partial charge in [0.25, 0.3) is 0 Å². The molecule has 1 heterocycles. The molecule has 0 spiro atoms. The van der Waals surface area contributed by atoms with E-state index in [1.54, 1.807) is 43.5 Å². The molecule has 0 N–H and O–H groups in total. The minimum absolute atomic E-state index is 0.358. The molecule has 0 amide bonds. The second-order valence-corrected chi connectivity index (χ2v) is 5.54. The van der Waals surface area contributed by atoms with Gasteiger partial charge in [0, 0.05) is 17.8 Å². The highest BCUT2D eigenvalue weighted by Crippen LogP contribution is 2.32. The van der Waals surface area contributed by atoms with Crippen molar-refractivity contribution in [1.29, 1.82) is 0 Å². The fraction of sp³-hybridized carbons (Fsp3) is 0.0909. The molecule has 5 heteroatoms. The van der Waals surface area contributed by atoms with Gasteiger partial charge in [-0.25, -0.2) is 9.78 Å². The van der Waals surface area contributed by atoms with Gasteiger partial charge in [-0.1, -0.05) is 42.5 Å². The Hall–Kier alpha value is -3.60. The smallest absolute Gasteiger partial charge is 0.338 e. The van der Waals surface area contributed by atoms with Crippen molar-refractivity contribution >= 4 is 11.5 Å². The molecule has 136 valence electrons. The number of benzene rings is 2. The fourth-order valence-electron chi connectivity index (χ4n) is 2.52. The molecular formula is C22H19NO4. The van der Waals surface area contributed by atoms with Gasteiger partial charge in [0.05, 0.1) is 12.7 Å². The topological polar surface area (TPSA) is 57.7 Å². The van der Waals surface area contributed by atoms with E-state index in [0.29, 0.717) is 28.5 Å². The highest BCUT2D eigenvalue weighted by Gasteiger charge is 2.16. The highest BCUT2D eigenvalue weighted by molar-refractivity contribution is 6.17. The number of methoxy groups -OCH3 is 1. The molecule has 5 nitrogen and oxygen atoms in total.